The van der Waals surface area contributed by atoms with Crippen molar-refractivity contribution in [2.24, 2.45) is 5.10 Å². The highest BCUT2D eigenvalue weighted by atomic mass is 15.3. The van der Waals surface area contributed by atoms with Crippen molar-refractivity contribution in [3.05, 3.63) is 163 Å². The molecule has 7 aromatic rings. The fourth-order valence-corrected chi connectivity index (χ4v) is 5.81. The topological polar surface area (TPSA) is 86.9 Å². The zero-order valence-corrected chi connectivity index (χ0v) is 25.3. The number of anilines is 1. The maximum absolute atomic E-state index is 9.06. The van der Waals surface area contributed by atoms with Crippen LogP contribution in [0.5, 0.6) is 0 Å². The van der Waals surface area contributed by atoms with Crippen molar-refractivity contribution in [2.45, 2.75) is 0 Å². The molecular formula is C41H28N6. The SMILES string of the molecule is N=C1/C(=N\Nc2ccccc2)C=Cc2ccc3cc(-c4nc(-c5ccccc5)nc(-c5ccc(-c6ccccc6)cc5)n4)ccc3c21. The second-order valence-electron chi connectivity index (χ2n) is 11.3. The van der Waals surface area contributed by atoms with Gasteiger partial charge in [0.05, 0.1) is 11.4 Å². The van der Waals surface area contributed by atoms with E-state index >= 15 is 0 Å². The number of hydrogen-bond acceptors (Lipinski definition) is 6. The second-order valence-corrected chi connectivity index (χ2v) is 11.3. The molecule has 6 nitrogen and oxygen atoms in total. The highest BCUT2D eigenvalue weighted by molar-refractivity contribution is 6.55. The van der Waals surface area contributed by atoms with Crippen LogP contribution in [0.1, 0.15) is 11.1 Å². The Morgan fingerprint density at radius 1 is 0.489 bits per heavy atom. The first-order valence-electron chi connectivity index (χ1n) is 15.4. The quantitative estimate of drug-likeness (QED) is 0.185. The van der Waals surface area contributed by atoms with Gasteiger partial charge in [0.1, 0.15) is 5.71 Å². The number of para-hydroxylation sites is 1. The largest absolute Gasteiger partial charge is 0.298 e. The number of allylic oxidation sites excluding steroid dienone is 1. The summed E-state index contributed by atoms with van der Waals surface area (Å²) in [6.45, 7) is 0. The Morgan fingerprint density at radius 2 is 1.02 bits per heavy atom. The maximum Gasteiger partial charge on any atom is 0.164 e. The van der Waals surface area contributed by atoms with Crippen molar-refractivity contribution in [3.8, 4) is 45.3 Å². The minimum atomic E-state index is 0.372. The molecule has 222 valence electrons. The average Bonchev–Trinajstić information content (AvgIpc) is 3.15. The zero-order chi connectivity index (χ0) is 31.6. The lowest BCUT2D eigenvalue weighted by Crippen LogP contribution is -2.18. The van der Waals surface area contributed by atoms with E-state index in [1.54, 1.807) is 0 Å². The first-order valence-corrected chi connectivity index (χ1v) is 15.4. The van der Waals surface area contributed by atoms with Crippen LogP contribution in [0, 0.1) is 5.41 Å². The number of aromatic nitrogens is 3. The molecule has 2 N–H and O–H groups in total. The number of benzene rings is 6. The summed E-state index contributed by atoms with van der Waals surface area (Å²) < 4.78 is 0. The molecule has 1 aliphatic carbocycles. The third-order valence-corrected chi connectivity index (χ3v) is 8.23. The van der Waals surface area contributed by atoms with E-state index in [2.05, 4.69) is 71.2 Å². The molecule has 0 spiro atoms. The molecule has 0 saturated heterocycles. The molecule has 47 heavy (non-hydrogen) atoms. The van der Waals surface area contributed by atoms with Gasteiger partial charge in [0.15, 0.2) is 17.5 Å². The Labute approximate surface area is 272 Å². The van der Waals surface area contributed by atoms with Crippen molar-refractivity contribution in [1.82, 2.24) is 15.0 Å². The molecule has 0 bridgehead atoms. The molecule has 0 aliphatic heterocycles. The van der Waals surface area contributed by atoms with Gasteiger partial charge >= 0.3 is 0 Å². The summed E-state index contributed by atoms with van der Waals surface area (Å²) in [5.41, 5.74) is 11.7. The maximum atomic E-state index is 9.06. The van der Waals surface area contributed by atoms with E-state index in [9.17, 15) is 0 Å². The Balaban J connectivity index is 1.18. The summed E-state index contributed by atoms with van der Waals surface area (Å²) in [6, 6.07) is 48.7. The number of nitrogens with zero attached hydrogens (tertiary/aromatic N) is 4. The molecule has 0 unspecified atom stereocenters. The van der Waals surface area contributed by atoms with Crippen LogP contribution >= 0.6 is 0 Å². The number of hydrazone groups is 1. The number of rotatable bonds is 6. The Morgan fingerprint density at radius 3 is 1.70 bits per heavy atom. The Hall–Kier alpha value is -6.53. The minimum Gasteiger partial charge on any atom is -0.298 e. The van der Waals surface area contributed by atoms with Gasteiger partial charge in [-0.3, -0.25) is 10.8 Å². The normalized spacial score (nSPS) is 13.1. The number of nitrogens with one attached hydrogen (secondary N) is 2. The van der Waals surface area contributed by atoms with Crippen molar-refractivity contribution in [1.29, 1.82) is 5.41 Å². The van der Waals surface area contributed by atoms with Crippen LogP contribution in [0.4, 0.5) is 5.69 Å². The molecule has 0 radical (unpaired) electrons. The summed E-state index contributed by atoms with van der Waals surface area (Å²) >= 11 is 0. The lowest BCUT2D eigenvalue weighted by atomic mass is 9.89. The van der Waals surface area contributed by atoms with Crippen LogP contribution < -0.4 is 5.43 Å². The van der Waals surface area contributed by atoms with Crippen molar-refractivity contribution >= 4 is 34.0 Å². The number of fused-ring (bicyclic) bond motifs is 3. The predicted molar refractivity (Wildman–Crippen MR) is 192 cm³/mol. The molecule has 1 aliphatic rings. The zero-order valence-electron chi connectivity index (χ0n) is 25.3. The van der Waals surface area contributed by atoms with Gasteiger partial charge in [-0.15, -0.1) is 0 Å². The van der Waals surface area contributed by atoms with Crippen molar-refractivity contribution in [2.75, 3.05) is 5.43 Å². The van der Waals surface area contributed by atoms with Gasteiger partial charge in [0, 0.05) is 22.3 Å². The van der Waals surface area contributed by atoms with Gasteiger partial charge in [0.2, 0.25) is 0 Å². The van der Waals surface area contributed by atoms with Crippen LogP contribution in [-0.4, -0.2) is 26.4 Å². The summed E-state index contributed by atoms with van der Waals surface area (Å²) in [6.07, 6.45) is 3.89. The highest BCUT2D eigenvalue weighted by Gasteiger charge is 2.20. The lowest BCUT2D eigenvalue weighted by Gasteiger charge is -2.17. The minimum absolute atomic E-state index is 0.372. The third kappa shape index (κ3) is 5.60. The van der Waals surface area contributed by atoms with Crippen molar-refractivity contribution in [3.63, 3.8) is 0 Å². The molecule has 0 saturated carbocycles. The first-order chi connectivity index (χ1) is 23.2. The molecule has 6 heteroatoms. The van der Waals surface area contributed by atoms with E-state index in [-0.39, 0.29) is 0 Å². The molecule has 0 fully saturated rings. The van der Waals surface area contributed by atoms with Gasteiger partial charge in [-0.2, -0.15) is 5.10 Å². The fourth-order valence-electron chi connectivity index (χ4n) is 5.81. The van der Waals surface area contributed by atoms with Crippen LogP contribution in [0.2, 0.25) is 0 Å². The first kappa shape index (κ1) is 28.0. The van der Waals surface area contributed by atoms with Gasteiger partial charge in [0.25, 0.3) is 0 Å². The third-order valence-electron chi connectivity index (χ3n) is 8.23. The molecule has 1 aromatic heterocycles. The summed E-state index contributed by atoms with van der Waals surface area (Å²) in [5.74, 6) is 1.81. The van der Waals surface area contributed by atoms with E-state index in [0.29, 0.717) is 28.9 Å². The van der Waals surface area contributed by atoms with E-state index < -0.39 is 0 Å². The Bertz CT molecular complexity index is 2310. The van der Waals surface area contributed by atoms with E-state index in [4.69, 9.17) is 20.4 Å². The summed E-state index contributed by atoms with van der Waals surface area (Å²) in [5, 5.41) is 15.6. The van der Waals surface area contributed by atoms with E-state index in [1.807, 2.05) is 97.1 Å². The lowest BCUT2D eigenvalue weighted by molar-refractivity contribution is 1.07. The smallest absolute Gasteiger partial charge is 0.164 e. The second kappa shape index (κ2) is 12.1. The molecule has 0 amide bonds. The van der Waals surface area contributed by atoms with Gasteiger partial charge in [-0.1, -0.05) is 133 Å². The van der Waals surface area contributed by atoms with Crippen LogP contribution in [-0.2, 0) is 0 Å². The molecule has 8 rings (SSSR count). The molecule has 0 atom stereocenters. The molecule has 6 aromatic carbocycles. The predicted octanol–water partition coefficient (Wildman–Crippen LogP) is 9.56. The van der Waals surface area contributed by atoms with E-state index in [1.165, 1.54) is 0 Å². The van der Waals surface area contributed by atoms with Gasteiger partial charge in [-0.05, 0) is 51.7 Å². The van der Waals surface area contributed by atoms with Gasteiger partial charge < -0.3 is 0 Å². The summed E-state index contributed by atoms with van der Waals surface area (Å²) in [4.78, 5) is 14.8. The molecular weight excluding hydrogens is 576 g/mol. The molecule has 1 heterocycles. The van der Waals surface area contributed by atoms with Crippen LogP contribution in [0.25, 0.3) is 62.1 Å². The monoisotopic (exact) mass is 604 g/mol. The highest BCUT2D eigenvalue weighted by Crippen LogP contribution is 2.32. The fraction of sp³-hybridized carbons (Fsp3) is 0. The van der Waals surface area contributed by atoms with Crippen LogP contribution in [0.3, 0.4) is 0 Å². The summed E-state index contributed by atoms with van der Waals surface area (Å²) in [7, 11) is 0. The van der Waals surface area contributed by atoms with E-state index in [0.717, 1.165) is 55.4 Å². The van der Waals surface area contributed by atoms with Crippen molar-refractivity contribution < 1.29 is 0 Å². The standard InChI is InChI=1S/C41H28N6/c42-38-36(47-46-34-14-8-3-9-15-34)25-23-29-18-21-32-26-33(22-24-35(32)37(29)38)41-44-39(30-12-6-2-7-13-30)43-40(45-41)31-19-16-28(17-20-31)27-10-4-1-5-11-27/h1-26,42,46H/b42-38?,47-36-. The van der Waals surface area contributed by atoms with Gasteiger partial charge in [-0.25, -0.2) is 15.0 Å². The number of hydrogen-bond donors (Lipinski definition) is 2. The average molecular weight is 605 g/mol. The van der Waals surface area contributed by atoms with Crippen LogP contribution in [0.15, 0.2) is 157 Å². The Kier molecular flexibility index (Phi) is 7.21.